The second kappa shape index (κ2) is 7.07. The smallest absolute Gasteiger partial charge is 0.287 e. The van der Waals surface area contributed by atoms with Crippen LogP contribution in [0.4, 0.5) is 5.69 Å². The van der Waals surface area contributed by atoms with E-state index in [1.807, 2.05) is 6.07 Å². The number of hydrogen-bond acceptors (Lipinski definition) is 4. The molecular weight excluding hydrogens is 332 g/mol. The van der Waals surface area contributed by atoms with Crippen LogP contribution in [-0.4, -0.2) is 31.5 Å². The normalized spacial score (nSPS) is 17.3. The van der Waals surface area contributed by atoms with Gasteiger partial charge in [0.2, 0.25) is 5.91 Å². The number of benzene rings is 1. The lowest BCUT2D eigenvalue weighted by molar-refractivity contribution is -0.118. The first-order chi connectivity index (χ1) is 11.6. The maximum absolute atomic E-state index is 12.5. The minimum atomic E-state index is -0.576. The molecule has 0 saturated carbocycles. The Morgan fingerprint density at radius 1 is 1.42 bits per heavy atom. The van der Waals surface area contributed by atoms with Gasteiger partial charge in [-0.25, -0.2) is 0 Å². The van der Waals surface area contributed by atoms with Crippen molar-refractivity contribution in [3.8, 4) is 0 Å². The quantitative estimate of drug-likeness (QED) is 0.901. The highest BCUT2D eigenvalue weighted by Crippen LogP contribution is 2.24. The minimum Gasteiger partial charge on any atom is -0.453 e. The molecule has 3 rings (SSSR count). The van der Waals surface area contributed by atoms with Crippen LogP contribution >= 0.6 is 11.6 Å². The standard InChI is InChI=1S/C17H17ClN2O4/c1-23-10-13-5-6-15(24-13)16(21)19-14-7-8-20(17(14)22)12-4-2-3-11(18)9-12/h2-6,9,14H,7-8,10H2,1H3,(H,19,21). The number of anilines is 1. The lowest BCUT2D eigenvalue weighted by Gasteiger charge is -2.17. The summed E-state index contributed by atoms with van der Waals surface area (Å²) in [4.78, 5) is 26.4. The van der Waals surface area contributed by atoms with E-state index in [4.69, 9.17) is 20.8 Å². The fraction of sp³-hybridized carbons (Fsp3) is 0.294. The van der Waals surface area contributed by atoms with Crippen molar-refractivity contribution in [2.45, 2.75) is 19.1 Å². The molecule has 0 radical (unpaired) electrons. The Morgan fingerprint density at radius 2 is 2.25 bits per heavy atom. The molecule has 0 bridgehead atoms. The molecule has 1 aromatic heterocycles. The second-order valence-electron chi connectivity index (χ2n) is 5.48. The van der Waals surface area contributed by atoms with Crippen molar-refractivity contribution >= 4 is 29.1 Å². The average molecular weight is 349 g/mol. The van der Waals surface area contributed by atoms with Crippen LogP contribution in [0.2, 0.25) is 5.02 Å². The van der Waals surface area contributed by atoms with Crippen molar-refractivity contribution in [1.82, 2.24) is 5.32 Å². The molecule has 1 unspecified atom stereocenters. The van der Waals surface area contributed by atoms with Crippen molar-refractivity contribution in [3.63, 3.8) is 0 Å². The third-order valence-electron chi connectivity index (χ3n) is 3.80. The summed E-state index contributed by atoms with van der Waals surface area (Å²) >= 11 is 5.97. The van der Waals surface area contributed by atoms with Gasteiger partial charge in [-0.1, -0.05) is 17.7 Å². The van der Waals surface area contributed by atoms with Crippen LogP contribution in [-0.2, 0) is 16.1 Å². The monoisotopic (exact) mass is 348 g/mol. The van der Waals surface area contributed by atoms with Gasteiger partial charge in [0.05, 0.1) is 0 Å². The number of halogens is 1. The number of hydrogen-bond donors (Lipinski definition) is 1. The molecule has 1 aromatic carbocycles. The summed E-state index contributed by atoms with van der Waals surface area (Å²) < 4.78 is 10.3. The predicted octanol–water partition coefficient (Wildman–Crippen LogP) is 2.61. The number of carbonyl (C=O) groups excluding carboxylic acids is 2. The number of methoxy groups -OCH3 is 1. The van der Waals surface area contributed by atoms with Crippen molar-refractivity contribution in [2.75, 3.05) is 18.6 Å². The lowest BCUT2D eigenvalue weighted by Crippen LogP contribution is -2.41. The third-order valence-corrected chi connectivity index (χ3v) is 4.04. The zero-order valence-corrected chi connectivity index (χ0v) is 13.9. The van der Waals surface area contributed by atoms with Gasteiger partial charge in [-0.15, -0.1) is 0 Å². The van der Waals surface area contributed by atoms with Crippen LogP contribution in [0.1, 0.15) is 22.7 Å². The van der Waals surface area contributed by atoms with Crippen molar-refractivity contribution < 1.29 is 18.7 Å². The molecule has 1 saturated heterocycles. The van der Waals surface area contributed by atoms with Crippen molar-refractivity contribution in [3.05, 3.63) is 52.9 Å². The van der Waals surface area contributed by atoms with Crippen LogP contribution in [0.3, 0.4) is 0 Å². The first-order valence-electron chi connectivity index (χ1n) is 7.54. The van der Waals surface area contributed by atoms with Gasteiger partial charge in [-0.05, 0) is 36.8 Å². The number of nitrogens with one attached hydrogen (secondary N) is 1. The Labute approximate surface area is 144 Å². The number of ether oxygens (including phenoxy) is 1. The number of nitrogens with zero attached hydrogens (tertiary/aromatic N) is 1. The van der Waals surface area contributed by atoms with Crippen LogP contribution in [0.15, 0.2) is 40.8 Å². The van der Waals surface area contributed by atoms with Crippen molar-refractivity contribution in [1.29, 1.82) is 0 Å². The number of rotatable bonds is 5. The molecular formula is C17H17ClN2O4. The maximum atomic E-state index is 12.5. The van der Waals surface area contributed by atoms with E-state index in [0.29, 0.717) is 23.7 Å². The van der Waals surface area contributed by atoms with Gasteiger partial charge in [0, 0.05) is 24.4 Å². The highest BCUT2D eigenvalue weighted by atomic mass is 35.5. The maximum Gasteiger partial charge on any atom is 0.287 e. The van der Waals surface area contributed by atoms with E-state index in [2.05, 4.69) is 5.32 Å². The summed E-state index contributed by atoms with van der Waals surface area (Å²) in [5, 5.41) is 3.28. The molecule has 1 fully saturated rings. The minimum absolute atomic E-state index is 0.158. The molecule has 2 heterocycles. The molecule has 2 amide bonds. The molecule has 7 heteroatoms. The van der Waals surface area contributed by atoms with Gasteiger partial charge < -0.3 is 19.4 Å². The first kappa shape index (κ1) is 16.5. The fourth-order valence-corrected chi connectivity index (χ4v) is 2.85. The van der Waals surface area contributed by atoms with Crippen molar-refractivity contribution in [2.24, 2.45) is 0 Å². The zero-order valence-electron chi connectivity index (χ0n) is 13.1. The van der Waals surface area contributed by atoms with Gasteiger partial charge in [0.15, 0.2) is 5.76 Å². The molecule has 1 atom stereocenters. The molecule has 1 aliphatic rings. The molecule has 2 aromatic rings. The van der Waals surface area contributed by atoms with Gasteiger partial charge in [-0.2, -0.15) is 0 Å². The van der Waals surface area contributed by atoms with E-state index in [-0.39, 0.29) is 18.3 Å². The van der Waals surface area contributed by atoms with Gasteiger partial charge in [-0.3, -0.25) is 9.59 Å². The van der Waals surface area contributed by atoms with E-state index in [0.717, 1.165) is 5.69 Å². The number of carbonyl (C=O) groups is 2. The van der Waals surface area contributed by atoms with Gasteiger partial charge in [0.25, 0.3) is 5.91 Å². The SMILES string of the molecule is COCc1ccc(C(=O)NC2CCN(c3cccc(Cl)c3)C2=O)o1. The van der Waals surface area contributed by atoms with Crippen LogP contribution in [0.25, 0.3) is 0 Å². The summed E-state index contributed by atoms with van der Waals surface area (Å²) in [5.41, 5.74) is 0.727. The lowest BCUT2D eigenvalue weighted by atomic mass is 10.2. The van der Waals surface area contributed by atoms with Gasteiger partial charge >= 0.3 is 0 Å². The van der Waals surface area contributed by atoms with E-state index in [9.17, 15) is 9.59 Å². The van der Waals surface area contributed by atoms with E-state index in [1.54, 1.807) is 42.3 Å². The molecule has 126 valence electrons. The largest absolute Gasteiger partial charge is 0.453 e. The number of furan rings is 1. The van der Waals surface area contributed by atoms with Crippen LogP contribution in [0, 0.1) is 0 Å². The van der Waals surface area contributed by atoms with E-state index in [1.165, 1.54) is 0 Å². The summed E-state index contributed by atoms with van der Waals surface area (Å²) in [7, 11) is 1.55. The first-order valence-corrected chi connectivity index (χ1v) is 7.92. The summed E-state index contributed by atoms with van der Waals surface area (Å²) in [6, 6.07) is 9.75. The molecule has 1 aliphatic heterocycles. The van der Waals surface area contributed by atoms with Crippen LogP contribution < -0.4 is 10.2 Å². The fourth-order valence-electron chi connectivity index (χ4n) is 2.66. The highest BCUT2D eigenvalue weighted by Gasteiger charge is 2.34. The summed E-state index contributed by atoms with van der Waals surface area (Å²) in [5.74, 6) is 0.148. The molecule has 0 aliphatic carbocycles. The molecule has 24 heavy (non-hydrogen) atoms. The van der Waals surface area contributed by atoms with E-state index >= 15 is 0 Å². The topological polar surface area (TPSA) is 71.8 Å². The Hall–Kier alpha value is -2.31. The predicted molar refractivity (Wildman–Crippen MR) is 89.1 cm³/mol. The molecule has 0 spiro atoms. The average Bonchev–Trinajstić information content (AvgIpc) is 3.16. The Bertz CT molecular complexity index is 759. The molecule has 6 nitrogen and oxygen atoms in total. The number of amides is 2. The Balaban J connectivity index is 1.65. The molecule has 1 N–H and O–H groups in total. The third kappa shape index (κ3) is 3.44. The Kier molecular flexibility index (Phi) is 4.87. The highest BCUT2D eigenvalue weighted by molar-refractivity contribution is 6.31. The van der Waals surface area contributed by atoms with E-state index < -0.39 is 11.9 Å². The summed E-state index contributed by atoms with van der Waals surface area (Å²) in [6.07, 6.45) is 0.530. The summed E-state index contributed by atoms with van der Waals surface area (Å²) in [6.45, 7) is 0.815. The second-order valence-corrected chi connectivity index (χ2v) is 5.92. The zero-order chi connectivity index (χ0) is 17.1. The van der Waals surface area contributed by atoms with Gasteiger partial charge in [0.1, 0.15) is 18.4 Å². The van der Waals surface area contributed by atoms with Crippen LogP contribution in [0.5, 0.6) is 0 Å². The Morgan fingerprint density at radius 3 is 3.00 bits per heavy atom.